The van der Waals surface area contributed by atoms with Gasteiger partial charge in [-0.25, -0.2) is 4.98 Å². The topological polar surface area (TPSA) is 55.1 Å². The van der Waals surface area contributed by atoms with Crippen molar-refractivity contribution in [2.45, 2.75) is 12.8 Å². The molecule has 2 aromatic rings. The van der Waals surface area contributed by atoms with Gasteiger partial charge in [-0.2, -0.15) is 5.26 Å². The summed E-state index contributed by atoms with van der Waals surface area (Å²) in [6.07, 6.45) is -4.60. The molecule has 1 heterocycles. The Morgan fingerprint density at radius 2 is 1.82 bits per heavy atom. The van der Waals surface area contributed by atoms with Gasteiger partial charge in [0.2, 0.25) is 0 Å². The molecular formula is C15H11F3N2O2. The Morgan fingerprint density at radius 3 is 2.36 bits per heavy atom. The first-order valence-electron chi connectivity index (χ1n) is 6.20. The second-order valence-corrected chi connectivity index (χ2v) is 4.26. The fourth-order valence-electron chi connectivity index (χ4n) is 1.85. The zero-order valence-corrected chi connectivity index (χ0v) is 11.5. The minimum absolute atomic E-state index is 0.131. The number of alkyl halides is 3. The second-order valence-electron chi connectivity index (χ2n) is 4.26. The summed E-state index contributed by atoms with van der Waals surface area (Å²) < 4.78 is 45.4. The molecule has 0 bridgehead atoms. The summed E-state index contributed by atoms with van der Waals surface area (Å²) in [5.41, 5.74) is 1.56. The molecule has 114 valence electrons. The highest BCUT2D eigenvalue weighted by molar-refractivity contribution is 5.67. The molecule has 0 saturated carbocycles. The highest BCUT2D eigenvalue weighted by Gasteiger charge is 2.31. The Hall–Kier alpha value is -2.75. The molecule has 1 aromatic carbocycles. The maximum atomic E-state index is 12.1. The van der Waals surface area contributed by atoms with Gasteiger partial charge in [0.1, 0.15) is 17.2 Å². The highest BCUT2D eigenvalue weighted by Crippen LogP contribution is 2.31. The van der Waals surface area contributed by atoms with Crippen molar-refractivity contribution < 1.29 is 22.6 Å². The molecule has 0 spiro atoms. The number of hydrogen-bond acceptors (Lipinski definition) is 4. The summed E-state index contributed by atoms with van der Waals surface area (Å²) in [6, 6.07) is 10.6. The van der Waals surface area contributed by atoms with Crippen LogP contribution in [0.4, 0.5) is 13.2 Å². The van der Waals surface area contributed by atoms with Gasteiger partial charge in [-0.1, -0.05) is 0 Å². The van der Waals surface area contributed by atoms with E-state index in [-0.39, 0.29) is 12.2 Å². The second kappa shape index (κ2) is 6.35. The van der Waals surface area contributed by atoms with Crippen LogP contribution in [0.2, 0.25) is 0 Å². The molecule has 22 heavy (non-hydrogen) atoms. The normalized spacial score (nSPS) is 10.9. The van der Waals surface area contributed by atoms with E-state index in [1.165, 1.54) is 31.4 Å². The smallest absolute Gasteiger partial charge is 0.494 e. The summed E-state index contributed by atoms with van der Waals surface area (Å²) in [6.45, 7) is 0. The number of hydrogen-bond donors (Lipinski definition) is 0. The zero-order chi connectivity index (χ0) is 16.2. The number of benzene rings is 1. The van der Waals surface area contributed by atoms with Gasteiger partial charge in [0.05, 0.1) is 25.3 Å². The number of aromatic nitrogens is 1. The third-order valence-electron chi connectivity index (χ3n) is 2.76. The third kappa shape index (κ3) is 3.88. The van der Waals surface area contributed by atoms with Crippen LogP contribution >= 0.6 is 0 Å². The van der Waals surface area contributed by atoms with Crippen LogP contribution in [0.1, 0.15) is 5.69 Å². The Bertz CT molecular complexity index is 691. The molecule has 0 unspecified atom stereocenters. The van der Waals surface area contributed by atoms with E-state index < -0.39 is 6.36 Å². The predicted octanol–water partition coefficient (Wildman–Crippen LogP) is 3.72. The molecule has 0 fully saturated rings. The van der Waals surface area contributed by atoms with Crippen molar-refractivity contribution in [3.63, 3.8) is 0 Å². The van der Waals surface area contributed by atoms with Crippen molar-refractivity contribution in [2.75, 3.05) is 7.11 Å². The summed E-state index contributed by atoms with van der Waals surface area (Å²) >= 11 is 0. The molecule has 0 radical (unpaired) electrons. The molecule has 4 nitrogen and oxygen atoms in total. The van der Waals surface area contributed by atoms with Gasteiger partial charge < -0.3 is 9.47 Å². The fourth-order valence-corrected chi connectivity index (χ4v) is 1.85. The van der Waals surface area contributed by atoms with E-state index in [2.05, 4.69) is 9.72 Å². The molecule has 2 rings (SSSR count). The lowest BCUT2D eigenvalue weighted by Crippen LogP contribution is -2.16. The Labute approximate surface area is 124 Å². The van der Waals surface area contributed by atoms with E-state index in [0.29, 0.717) is 22.7 Å². The maximum Gasteiger partial charge on any atom is 0.573 e. The number of rotatable bonds is 4. The third-order valence-corrected chi connectivity index (χ3v) is 2.76. The molecule has 0 atom stereocenters. The van der Waals surface area contributed by atoms with Crippen LogP contribution in [0.15, 0.2) is 36.4 Å². The predicted molar refractivity (Wildman–Crippen MR) is 72.2 cm³/mol. The van der Waals surface area contributed by atoms with E-state index in [4.69, 9.17) is 10.00 Å². The van der Waals surface area contributed by atoms with Gasteiger partial charge in [-0.15, -0.1) is 13.2 Å². The summed E-state index contributed by atoms with van der Waals surface area (Å²) in [4.78, 5) is 4.30. The molecule has 1 aromatic heterocycles. The van der Waals surface area contributed by atoms with E-state index >= 15 is 0 Å². The minimum atomic E-state index is -4.73. The van der Waals surface area contributed by atoms with Crippen LogP contribution in [0.25, 0.3) is 11.3 Å². The Morgan fingerprint density at radius 1 is 1.14 bits per heavy atom. The van der Waals surface area contributed by atoms with Crippen molar-refractivity contribution in [1.29, 1.82) is 5.26 Å². The van der Waals surface area contributed by atoms with Crippen LogP contribution < -0.4 is 9.47 Å². The lowest BCUT2D eigenvalue weighted by atomic mass is 10.1. The van der Waals surface area contributed by atoms with E-state index in [9.17, 15) is 13.2 Å². The molecule has 0 aliphatic carbocycles. The first kappa shape index (κ1) is 15.6. The monoisotopic (exact) mass is 308 g/mol. The van der Waals surface area contributed by atoms with Crippen LogP contribution in [0.3, 0.4) is 0 Å². The van der Waals surface area contributed by atoms with Crippen LogP contribution in [0, 0.1) is 11.3 Å². The van der Waals surface area contributed by atoms with E-state index in [1.54, 1.807) is 12.1 Å². The van der Waals surface area contributed by atoms with Gasteiger partial charge in [0.25, 0.3) is 0 Å². The standard InChI is InChI=1S/C15H11F3N2O2/c1-21-13-7-4-11(8-9-19)20-14(13)10-2-5-12(6-3-10)22-15(16,17)18/h2-7H,8H2,1H3. The molecule has 0 saturated heterocycles. The van der Waals surface area contributed by atoms with Gasteiger partial charge in [0, 0.05) is 5.56 Å². The molecule has 0 aliphatic rings. The zero-order valence-electron chi connectivity index (χ0n) is 11.5. The molecule has 0 N–H and O–H groups in total. The summed E-state index contributed by atoms with van der Waals surface area (Å²) in [7, 11) is 1.46. The Balaban J connectivity index is 2.35. The van der Waals surface area contributed by atoms with Crippen molar-refractivity contribution in [2.24, 2.45) is 0 Å². The molecule has 0 aliphatic heterocycles. The average molecular weight is 308 g/mol. The van der Waals surface area contributed by atoms with Crippen molar-refractivity contribution in [3.05, 3.63) is 42.1 Å². The summed E-state index contributed by atoms with van der Waals surface area (Å²) in [5, 5.41) is 8.71. The quantitative estimate of drug-likeness (QED) is 0.863. The van der Waals surface area contributed by atoms with Gasteiger partial charge in [0.15, 0.2) is 0 Å². The maximum absolute atomic E-state index is 12.1. The number of pyridine rings is 1. The van der Waals surface area contributed by atoms with Crippen molar-refractivity contribution in [3.8, 4) is 28.8 Å². The van der Waals surface area contributed by atoms with E-state index in [1.807, 2.05) is 6.07 Å². The van der Waals surface area contributed by atoms with Crippen LogP contribution in [0.5, 0.6) is 11.5 Å². The lowest BCUT2D eigenvalue weighted by Gasteiger charge is -2.11. The van der Waals surface area contributed by atoms with Gasteiger partial charge >= 0.3 is 6.36 Å². The number of halogens is 3. The first-order valence-corrected chi connectivity index (χ1v) is 6.20. The average Bonchev–Trinajstić information content (AvgIpc) is 2.47. The van der Waals surface area contributed by atoms with Crippen LogP contribution in [-0.2, 0) is 6.42 Å². The molecule has 0 amide bonds. The lowest BCUT2D eigenvalue weighted by molar-refractivity contribution is -0.274. The Kier molecular flexibility index (Phi) is 4.51. The number of nitriles is 1. The van der Waals surface area contributed by atoms with E-state index in [0.717, 1.165) is 0 Å². The SMILES string of the molecule is COc1ccc(CC#N)nc1-c1ccc(OC(F)(F)F)cc1. The van der Waals surface area contributed by atoms with Gasteiger partial charge in [-0.05, 0) is 36.4 Å². The van der Waals surface area contributed by atoms with Gasteiger partial charge in [-0.3, -0.25) is 0 Å². The fraction of sp³-hybridized carbons (Fsp3) is 0.200. The van der Waals surface area contributed by atoms with Crippen LogP contribution in [-0.4, -0.2) is 18.5 Å². The minimum Gasteiger partial charge on any atom is -0.494 e. The largest absolute Gasteiger partial charge is 0.573 e. The van der Waals surface area contributed by atoms with Crippen molar-refractivity contribution in [1.82, 2.24) is 4.98 Å². The molecule has 7 heteroatoms. The number of methoxy groups -OCH3 is 1. The summed E-state index contributed by atoms with van der Waals surface area (Å²) in [5.74, 6) is 0.148. The number of ether oxygens (including phenoxy) is 2. The highest BCUT2D eigenvalue weighted by atomic mass is 19.4. The molecular weight excluding hydrogens is 297 g/mol. The van der Waals surface area contributed by atoms with Crippen molar-refractivity contribution >= 4 is 0 Å². The first-order chi connectivity index (χ1) is 10.4. The number of nitrogens with zero attached hydrogens (tertiary/aromatic N) is 2.